The van der Waals surface area contributed by atoms with Gasteiger partial charge in [0, 0.05) is 0 Å². The SMILES string of the molecule is CC1=CCC([Si](C)(C)c2cccc3c2Cc2ccccc2-3)=C1C. The fourth-order valence-corrected chi connectivity index (χ4v) is 7.99. The van der Waals surface area contributed by atoms with Gasteiger partial charge in [0.25, 0.3) is 0 Å². The summed E-state index contributed by atoms with van der Waals surface area (Å²) in [6, 6.07) is 15.9. The van der Waals surface area contributed by atoms with E-state index in [-0.39, 0.29) is 0 Å². The predicted octanol–water partition coefficient (Wildman–Crippen LogP) is 5.38. The lowest BCUT2D eigenvalue weighted by Crippen LogP contribution is -2.45. The van der Waals surface area contributed by atoms with Crippen molar-refractivity contribution in [2.45, 2.75) is 39.8 Å². The standard InChI is InChI=1S/C22H24Si/c1-15-12-13-21(16(15)2)23(3,4)22-11-7-10-19-18-9-6-5-8-17(18)14-20(19)22/h5-12H,13-14H2,1-4H3. The zero-order valence-electron chi connectivity index (χ0n) is 14.5. The number of hydrogen-bond donors (Lipinski definition) is 0. The third kappa shape index (κ3) is 2.10. The van der Waals surface area contributed by atoms with Crippen molar-refractivity contribution >= 4 is 13.3 Å². The fourth-order valence-electron chi connectivity index (χ4n) is 4.43. The number of rotatable bonds is 2. The lowest BCUT2D eigenvalue weighted by Gasteiger charge is -2.29. The van der Waals surface area contributed by atoms with Gasteiger partial charge in [-0.1, -0.05) is 83.2 Å². The molecule has 2 aromatic carbocycles. The minimum Gasteiger partial charge on any atom is -0.0776 e. The van der Waals surface area contributed by atoms with Gasteiger partial charge in [0.1, 0.15) is 8.07 Å². The van der Waals surface area contributed by atoms with E-state index in [9.17, 15) is 0 Å². The second kappa shape index (κ2) is 5.07. The first kappa shape index (κ1) is 14.7. The minimum atomic E-state index is -1.62. The first-order valence-electron chi connectivity index (χ1n) is 8.58. The van der Waals surface area contributed by atoms with Gasteiger partial charge in [0.05, 0.1) is 0 Å². The summed E-state index contributed by atoms with van der Waals surface area (Å²) in [6.45, 7) is 9.66. The lowest BCUT2D eigenvalue weighted by atomic mass is 10.1. The Labute approximate surface area is 140 Å². The van der Waals surface area contributed by atoms with Gasteiger partial charge in [0.15, 0.2) is 0 Å². The third-order valence-electron chi connectivity index (χ3n) is 5.94. The van der Waals surface area contributed by atoms with E-state index in [1.807, 2.05) is 0 Å². The number of allylic oxidation sites excluding steroid dienone is 4. The van der Waals surface area contributed by atoms with Crippen LogP contribution < -0.4 is 5.19 Å². The second-order valence-corrected chi connectivity index (χ2v) is 11.9. The van der Waals surface area contributed by atoms with E-state index in [1.165, 1.54) is 22.3 Å². The van der Waals surface area contributed by atoms with Crippen molar-refractivity contribution in [2.24, 2.45) is 0 Å². The molecule has 0 fully saturated rings. The van der Waals surface area contributed by atoms with E-state index in [2.05, 4.69) is 75.5 Å². The molecular weight excluding hydrogens is 292 g/mol. The van der Waals surface area contributed by atoms with Gasteiger partial charge in [-0.3, -0.25) is 0 Å². The van der Waals surface area contributed by atoms with Crippen LogP contribution in [0.1, 0.15) is 31.4 Å². The van der Waals surface area contributed by atoms with Crippen molar-refractivity contribution in [3.05, 3.63) is 76.0 Å². The van der Waals surface area contributed by atoms with Crippen LogP contribution in [0.4, 0.5) is 0 Å². The molecule has 2 aromatic rings. The van der Waals surface area contributed by atoms with E-state index in [1.54, 1.807) is 21.5 Å². The van der Waals surface area contributed by atoms with Crippen molar-refractivity contribution in [3.63, 3.8) is 0 Å². The summed E-state index contributed by atoms with van der Waals surface area (Å²) in [6.07, 6.45) is 4.68. The number of hydrogen-bond acceptors (Lipinski definition) is 0. The summed E-state index contributed by atoms with van der Waals surface area (Å²) in [4.78, 5) is 0. The van der Waals surface area contributed by atoms with Gasteiger partial charge in [-0.25, -0.2) is 0 Å². The highest BCUT2D eigenvalue weighted by Crippen LogP contribution is 2.38. The highest BCUT2D eigenvalue weighted by Gasteiger charge is 2.35. The Morgan fingerprint density at radius 1 is 0.870 bits per heavy atom. The molecular formula is C22H24Si. The highest BCUT2D eigenvalue weighted by atomic mass is 28.3. The number of fused-ring (bicyclic) bond motifs is 3. The average molecular weight is 317 g/mol. The molecule has 0 saturated heterocycles. The predicted molar refractivity (Wildman–Crippen MR) is 103 cm³/mol. The Bertz CT molecular complexity index is 865. The van der Waals surface area contributed by atoms with Crippen LogP contribution >= 0.6 is 0 Å². The van der Waals surface area contributed by atoms with Crippen LogP contribution in [0.3, 0.4) is 0 Å². The zero-order chi connectivity index (χ0) is 16.2. The van der Waals surface area contributed by atoms with Crippen LogP contribution in [-0.2, 0) is 6.42 Å². The third-order valence-corrected chi connectivity index (χ3v) is 9.84. The fraction of sp³-hybridized carbons (Fsp3) is 0.273. The summed E-state index contributed by atoms with van der Waals surface area (Å²) >= 11 is 0. The van der Waals surface area contributed by atoms with Gasteiger partial charge in [-0.05, 0) is 48.9 Å². The topological polar surface area (TPSA) is 0 Å². The summed E-state index contributed by atoms with van der Waals surface area (Å²) in [5.74, 6) is 0. The van der Waals surface area contributed by atoms with E-state index < -0.39 is 8.07 Å². The van der Waals surface area contributed by atoms with Crippen molar-refractivity contribution < 1.29 is 0 Å². The monoisotopic (exact) mass is 316 g/mol. The molecule has 0 saturated carbocycles. The molecule has 23 heavy (non-hydrogen) atoms. The maximum Gasteiger partial charge on any atom is 0.108 e. The average Bonchev–Trinajstić information content (AvgIpc) is 3.08. The molecule has 0 N–H and O–H groups in total. The second-order valence-electron chi connectivity index (χ2n) is 7.49. The Balaban J connectivity index is 1.87. The van der Waals surface area contributed by atoms with Gasteiger partial charge in [-0.15, -0.1) is 0 Å². The molecule has 1 heteroatoms. The molecule has 0 bridgehead atoms. The van der Waals surface area contributed by atoms with E-state index in [0.29, 0.717) is 0 Å². The summed E-state index contributed by atoms with van der Waals surface area (Å²) in [5, 5.41) is 3.36. The normalized spacial score (nSPS) is 16.4. The van der Waals surface area contributed by atoms with Gasteiger partial charge in [-0.2, -0.15) is 0 Å². The molecule has 116 valence electrons. The van der Waals surface area contributed by atoms with Gasteiger partial charge >= 0.3 is 0 Å². The van der Waals surface area contributed by atoms with Crippen LogP contribution in [0.2, 0.25) is 13.1 Å². The highest BCUT2D eigenvalue weighted by molar-refractivity contribution is 6.96. The Hall–Kier alpha value is -1.86. The zero-order valence-corrected chi connectivity index (χ0v) is 15.5. The summed E-state index contributed by atoms with van der Waals surface area (Å²) in [7, 11) is -1.62. The van der Waals surface area contributed by atoms with E-state index >= 15 is 0 Å². The van der Waals surface area contributed by atoms with Crippen molar-refractivity contribution in [2.75, 3.05) is 0 Å². The molecule has 0 nitrogen and oxygen atoms in total. The van der Waals surface area contributed by atoms with Crippen molar-refractivity contribution in [1.29, 1.82) is 0 Å². The van der Waals surface area contributed by atoms with E-state index in [4.69, 9.17) is 0 Å². The largest absolute Gasteiger partial charge is 0.108 e. The minimum absolute atomic E-state index is 1.11. The molecule has 2 aliphatic carbocycles. The molecule has 4 rings (SSSR count). The first-order valence-corrected chi connectivity index (χ1v) is 11.6. The molecule has 0 atom stereocenters. The first-order chi connectivity index (χ1) is 11.0. The van der Waals surface area contributed by atoms with Crippen molar-refractivity contribution in [3.8, 4) is 11.1 Å². The molecule has 0 aliphatic heterocycles. The van der Waals surface area contributed by atoms with Crippen LogP contribution in [0.25, 0.3) is 11.1 Å². The maximum absolute atomic E-state index is 2.54. The van der Waals surface area contributed by atoms with Crippen LogP contribution in [0.15, 0.2) is 64.9 Å². The Morgan fingerprint density at radius 3 is 2.35 bits per heavy atom. The molecule has 0 unspecified atom stereocenters. The lowest BCUT2D eigenvalue weighted by molar-refractivity contribution is 1.26. The van der Waals surface area contributed by atoms with Gasteiger partial charge < -0.3 is 0 Å². The molecule has 0 amide bonds. The molecule has 2 aliphatic rings. The molecule has 0 aromatic heterocycles. The van der Waals surface area contributed by atoms with Crippen LogP contribution in [0, 0.1) is 0 Å². The maximum atomic E-state index is 2.54. The van der Waals surface area contributed by atoms with Crippen molar-refractivity contribution in [1.82, 2.24) is 0 Å². The summed E-state index contributed by atoms with van der Waals surface area (Å²) < 4.78 is 0. The van der Waals surface area contributed by atoms with E-state index in [0.717, 1.165) is 12.8 Å². The van der Waals surface area contributed by atoms with Gasteiger partial charge in [0.2, 0.25) is 0 Å². The molecule has 0 heterocycles. The molecule has 0 radical (unpaired) electrons. The molecule has 0 spiro atoms. The Kier molecular flexibility index (Phi) is 3.24. The van der Waals surface area contributed by atoms with Crippen LogP contribution in [-0.4, -0.2) is 8.07 Å². The smallest absolute Gasteiger partial charge is 0.0776 e. The number of benzene rings is 2. The van der Waals surface area contributed by atoms with Crippen LogP contribution in [0.5, 0.6) is 0 Å². The quantitative estimate of drug-likeness (QED) is 0.557. The summed E-state index contributed by atoms with van der Waals surface area (Å²) in [5.41, 5.74) is 9.04. The Morgan fingerprint density at radius 2 is 1.61 bits per heavy atom.